The van der Waals surface area contributed by atoms with Crippen LogP contribution in [0.1, 0.15) is 12.0 Å². The van der Waals surface area contributed by atoms with Crippen LogP contribution >= 0.6 is 0 Å². The molecule has 1 aliphatic rings. The molecule has 4 heteroatoms. The Hall–Kier alpha value is -2.49. The van der Waals surface area contributed by atoms with Crippen molar-refractivity contribution in [1.82, 2.24) is 0 Å². The Balaban J connectivity index is 1.72. The van der Waals surface area contributed by atoms with Gasteiger partial charge < -0.3 is 15.0 Å². The molecule has 2 aromatic carbocycles. The zero-order valence-corrected chi connectivity index (χ0v) is 12.0. The first-order valence-corrected chi connectivity index (χ1v) is 7.04. The molecule has 0 spiro atoms. The van der Waals surface area contributed by atoms with Crippen LogP contribution in [0.3, 0.4) is 0 Å². The second-order valence-corrected chi connectivity index (χ2v) is 5.02. The highest BCUT2D eigenvalue weighted by atomic mass is 16.5. The number of nitrogens with zero attached hydrogens (tertiary/aromatic N) is 1. The summed E-state index contributed by atoms with van der Waals surface area (Å²) in [6.07, 6.45) is 1.13. The molecule has 1 N–H and O–H groups in total. The van der Waals surface area contributed by atoms with Crippen LogP contribution in [0.4, 0.5) is 17.1 Å². The molecule has 2 aromatic rings. The fraction of sp³-hybridized carbons (Fsp3) is 0.235. The first kappa shape index (κ1) is 13.5. The summed E-state index contributed by atoms with van der Waals surface area (Å²) in [4.78, 5) is 13.4. The molecular formula is C17H18N2O2. The van der Waals surface area contributed by atoms with Crippen molar-refractivity contribution in [1.29, 1.82) is 0 Å². The largest absolute Gasteiger partial charge is 0.469 e. The number of hydrogen-bond donors (Lipinski definition) is 1. The molecule has 0 bridgehead atoms. The molecule has 108 valence electrons. The van der Waals surface area contributed by atoms with Crippen LogP contribution < -0.4 is 10.2 Å². The summed E-state index contributed by atoms with van der Waals surface area (Å²) < 4.78 is 4.66. The lowest BCUT2D eigenvalue weighted by atomic mass is 10.1. The molecule has 4 nitrogen and oxygen atoms in total. The predicted molar refractivity (Wildman–Crippen MR) is 83.8 cm³/mol. The minimum atomic E-state index is -0.170. The first-order valence-electron chi connectivity index (χ1n) is 7.04. The van der Waals surface area contributed by atoms with Gasteiger partial charge in [0.2, 0.25) is 0 Å². The minimum absolute atomic E-state index is 0.170. The molecule has 3 rings (SSSR count). The van der Waals surface area contributed by atoms with Crippen molar-refractivity contribution in [3.05, 3.63) is 54.1 Å². The number of benzene rings is 2. The third kappa shape index (κ3) is 2.84. The molecule has 0 saturated carbocycles. The van der Waals surface area contributed by atoms with Crippen molar-refractivity contribution >= 4 is 23.0 Å². The highest BCUT2D eigenvalue weighted by molar-refractivity contribution is 5.81. The molecule has 0 saturated heterocycles. The Morgan fingerprint density at radius 1 is 1.19 bits per heavy atom. The van der Waals surface area contributed by atoms with Crippen LogP contribution in [0.15, 0.2) is 48.5 Å². The van der Waals surface area contributed by atoms with Crippen LogP contribution in [0.5, 0.6) is 0 Å². The Kier molecular flexibility index (Phi) is 3.77. The average molecular weight is 282 g/mol. The van der Waals surface area contributed by atoms with Crippen molar-refractivity contribution in [2.75, 3.05) is 24.0 Å². The Bertz CT molecular complexity index is 637. The minimum Gasteiger partial charge on any atom is -0.469 e. The number of nitrogens with one attached hydrogen (secondary N) is 1. The molecule has 1 heterocycles. The number of carbonyl (C=O) groups is 1. The second-order valence-electron chi connectivity index (χ2n) is 5.02. The van der Waals surface area contributed by atoms with Crippen molar-refractivity contribution < 1.29 is 9.53 Å². The van der Waals surface area contributed by atoms with E-state index in [1.165, 1.54) is 12.8 Å². The van der Waals surface area contributed by atoms with E-state index >= 15 is 0 Å². The fourth-order valence-corrected chi connectivity index (χ4v) is 2.53. The normalized spacial score (nSPS) is 12.7. The lowest BCUT2D eigenvalue weighted by Gasteiger charge is -2.18. The molecule has 0 amide bonds. The highest BCUT2D eigenvalue weighted by Crippen LogP contribution is 2.36. The summed E-state index contributed by atoms with van der Waals surface area (Å²) in [6, 6.07) is 16.6. The zero-order chi connectivity index (χ0) is 14.7. The maximum atomic E-state index is 11.2. The third-order valence-corrected chi connectivity index (χ3v) is 3.72. The third-order valence-electron chi connectivity index (χ3n) is 3.72. The van der Waals surface area contributed by atoms with Gasteiger partial charge >= 0.3 is 5.97 Å². The van der Waals surface area contributed by atoms with Crippen LogP contribution in [0.25, 0.3) is 0 Å². The molecule has 1 aliphatic heterocycles. The monoisotopic (exact) mass is 282 g/mol. The van der Waals surface area contributed by atoms with E-state index in [1.54, 1.807) is 0 Å². The van der Waals surface area contributed by atoms with Gasteiger partial charge in [-0.2, -0.15) is 0 Å². The SMILES string of the molecule is COC(=O)CCc1ccc(N2CNc3ccccc32)cc1. The molecule has 0 unspecified atom stereocenters. The summed E-state index contributed by atoms with van der Waals surface area (Å²) in [5.74, 6) is -0.170. The lowest BCUT2D eigenvalue weighted by molar-refractivity contribution is -0.140. The van der Waals surface area contributed by atoms with Gasteiger partial charge in [0.15, 0.2) is 0 Å². The predicted octanol–water partition coefficient (Wildman–Crippen LogP) is 3.31. The van der Waals surface area contributed by atoms with Crippen molar-refractivity contribution in [3.63, 3.8) is 0 Å². The summed E-state index contributed by atoms with van der Waals surface area (Å²) in [7, 11) is 1.42. The van der Waals surface area contributed by atoms with Crippen molar-refractivity contribution in [3.8, 4) is 0 Å². The molecule has 0 radical (unpaired) electrons. The van der Waals surface area contributed by atoms with Gasteiger partial charge in [-0.05, 0) is 36.2 Å². The average Bonchev–Trinajstić information content (AvgIpc) is 2.97. The molecule has 0 aliphatic carbocycles. The van der Waals surface area contributed by atoms with Gasteiger partial charge in [-0.25, -0.2) is 0 Å². The van der Waals surface area contributed by atoms with E-state index < -0.39 is 0 Å². The van der Waals surface area contributed by atoms with Gasteiger partial charge in [0, 0.05) is 12.1 Å². The van der Waals surface area contributed by atoms with Crippen LogP contribution in [0.2, 0.25) is 0 Å². The quantitative estimate of drug-likeness (QED) is 0.874. The molecule has 0 fully saturated rings. The summed E-state index contributed by atoms with van der Waals surface area (Å²) in [5, 5.41) is 3.38. The lowest BCUT2D eigenvalue weighted by Crippen LogP contribution is -2.16. The molecule has 0 aromatic heterocycles. The number of methoxy groups -OCH3 is 1. The van der Waals surface area contributed by atoms with E-state index in [9.17, 15) is 4.79 Å². The van der Waals surface area contributed by atoms with Gasteiger partial charge in [0.25, 0.3) is 0 Å². The maximum Gasteiger partial charge on any atom is 0.305 e. The van der Waals surface area contributed by atoms with Crippen LogP contribution in [-0.2, 0) is 16.0 Å². The molecular weight excluding hydrogens is 264 g/mol. The Morgan fingerprint density at radius 2 is 1.95 bits per heavy atom. The number of anilines is 3. The number of ether oxygens (including phenoxy) is 1. The van der Waals surface area contributed by atoms with Gasteiger partial charge in [0.05, 0.1) is 25.2 Å². The summed E-state index contributed by atoms with van der Waals surface area (Å²) in [6.45, 7) is 0.779. The number of fused-ring (bicyclic) bond motifs is 1. The van der Waals surface area contributed by atoms with Gasteiger partial charge in [-0.1, -0.05) is 24.3 Å². The van der Waals surface area contributed by atoms with E-state index in [0.717, 1.165) is 23.6 Å². The number of rotatable bonds is 4. The zero-order valence-electron chi connectivity index (χ0n) is 12.0. The van der Waals surface area contributed by atoms with Crippen molar-refractivity contribution in [2.24, 2.45) is 0 Å². The fourth-order valence-electron chi connectivity index (χ4n) is 2.53. The van der Waals surface area contributed by atoms with E-state index in [0.29, 0.717) is 12.8 Å². The van der Waals surface area contributed by atoms with Crippen LogP contribution in [0, 0.1) is 0 Å². The van der Waals surface area contributed by atoms with E-state index in [1.807, 2.05) is 12.1 Å². The van der Waals surface area contributed by atoms with Gasteiger partial charge in [-0.3, -0.25) is 4.79 Å². The second kappa shape index (κ2) is 5.87. The summed E-state index contributed by atoms with van der Waals surface area (Å²) in [5.41, 5.74) is 4.64. The summed E-state index contributed by atoms with van der Waals surface area (Å²) >= 11 is 0. The number of esters is 1. The number of aryl methyl sites for hydroxylation is 1. The topological polar surface area (TPSA) is 41.6 Å². The number of hydrogen-bond acceptors (Lipinski definition) is 4. The van der Waals surface area contributed by atoms with E-state index in [2.05, 4.69) is 51.4 Å². The molecule has 21 heavy (non-hydrogen) atoms. The number of carbonyl (C=O) groups excluding carboxylic acids is 1. The maximum absolute atomic E-state index is 11.2. The standard InChI is InChI=1S/C17H18N2O2/c1-21-17(20)11-8-13-6-9-14(10-7-13)19-12-18-15-4-2-3-5-16(15)19/h2-7,9-10,18H,8,11-12H2,1H3. The van der Waals surface area contributed by atoms with Gasteiger partial charge in [0.1, 0.15) is 0 Å². The number of para-hydroxylation sites is 2. The van der Waals surface area contributed by atoms with E-state index in [4.69, 9.17) is 0 Å². The Labute approximate surface area is 124 Å². The smallest absolute Gasteiger partial charge is 0.305 e. The van der Waals surface area contributed by atoms with Crippen molar-refractivity contribution in [2.45, 2.75) is 12.8 Å². The Morgan fingerprint density at radius 3 is 2.71 bits per heavy atom. The first-order chi connectivity index (χ1) is 10.3. The van der Waals surface area contributed by atoms with Crippen LogP contribution in [-0.4, -0.2) is 19.7 Å². The van der Waals surface area contributed by atoms with Gasteiger partial charge in [-0.15, -0.1) is 0 Å². The van der Waals surface area contributed by atoms with E-state index in [-0.39, 0.29) is 5.97 Å². The molecule has 0 atom stereocenters. The highest BCUT2D eigenvalue weighted by Gasteiger charge is 2.18.